The highest BCUT2D eigenvalue weighted by atomic mass is 32.1. The lowest BCUT2D eigenvalue weighted by Gasteiger charge is -2.29. The van der Waals surface area contributed by atoms with Crippen LogP contribution < -0.4 is 4.90 Å². The van der Waals surface area contributed by atoms with E-state index >= 15 is 0 Å². The molecule has 3 aromatic rings. The fourth-order valence-electron chi connectivity index (χ4n) is 3.55. The minimum Gasteiger partial charge on any atom is -0.379 e. The first-order valence-corrected chi connectivity index (χ1v) is 10.3. The molecule has 0 N–H and O–H groups in total. The molecule has 1 aromatic carbocycles. The Morgan fingerprint density at radius 1 is 1.29 bits per heavy atom. The molecule has 8 heteroatoms. The molecule has 3 heterocycles. The number of hydrogen-bond donors (Lipinski definition) is 0. The van der Waals surface area contributed by atoms with Gasteiger partial charge in [-0.2, -0.15) is 5.10 Å². The summed E-state index contributed by atoms with van der Waals surface area (Å²) in [5.74, 6) is -0.0679. The van der Waals surface area contributed by atoms with E-state index in [0.29, 0.717) is 12.2 Å². The van der Waals surface area contributed by atoms with Crippen LogP contribution in [0.5, 0.6) is 0 Å². The van der Waals surface area contributed by atoms with Crippen molar-refractivity contribution in [2.45, 2.75) is 13.8 Å². The number of morpholine rings is 1. The van der Waals surface area contributed by atoms with Gasteiger partial charge in [-0.05, 0) is 37.1 Å². The van der Waals surface area contributed by atoms with Crippen LogP contribution in [0.4, 0.5) is 5.13 Å². The minimum atomic E-state index is -0.0679. The SMILES string of the molecule is Cc1cc(C)c2sc(N(CCN3CCOCC3)C(=O)c3ccnn3C)nc2c1. The van der Waals surface area contributed by atoms with Crippen LogP contribution in [0.15, 0.2) is 24.4 Å². The molecule has 0 saturated carbocycles. The number of amides is 1. The van der Waals surface area contributed by atoms with Gasteiger partial charge in [0.05, 0.1) is 23.4 Å². The smallest absolute Gasteiger partial charge is 0.278 e. The molecule has 0 atom stereocenters. The zero-order chi connectivity index (χ0) is 19.7. The summed E-state index contributed by atoms with van der Waals surface area (Å²) in [5, 5.41) is 4.90. The lowest BCUT2D eigenvalue weighted by atomic mass is 10.1. The first-order chi connectivity index (χ1) is 13.5. The number of anilines is 1. The molecule has 4 rings (SSSR count). The molecular weight excluding hydrogens is 374 g/mol. The molecule has 0 radical (unpaired) electrons. The largest absolute Gasteiger partial charge is 0.379 e. The van der Waals surface area contributed by atoms with Crippen LogP contribution in [0.3, 0.4) is 0 Å². The Hall–Kier alpha value is -2.29. The summed E-state index contributed by atoms with van der Waals surface area (Å²) in [6, 6.07) is 6.00. The third-order valence-electron chi connectivity index (χ3n) is 5.07. The van der Waals surface area contributed by atoms with Crippen molar-refractivity contribution in [3.8, 4) is 0 Å². The summed E-state index contributed by atoms with van der Waals surface area (Å²) in [7, 11) is 1.79. The first-order valence-electron chi connectivity index (χ1n) is 9.50. The van der Waals surface area contributed by atoms with Gasteiger partial charge >= 0.3 is 0 Å². The highest BCUT2D eigenvalue weighted by Crippen LogP contribution is 2.32. The third-order valence-corrected chi connectivity index (χ3v) is 6.30. The first kappa shape index (κ1) is 19.0. The second-order valence-corrected chi connectivity index (χ2v) is 8.15. The Morgan fingerprint density at radius 3 is 2.79 bits per heavy atom. The molecule has 2 aromatic heterocycles. The molecule has 28 heavy (non-hydrogen) atoms. The maximum atomic E-state index is 13.3. The van der Waals surface area contributed by atoms with Gasteiger partial charge in [0.15, 0.2) is 5.13 Å². The normalized spacial score (nSPS) is 15.2. The Morgan fingerprint density at radius 2 is 2.07 bits per heavy atom. The number of ether oxygens (including phenoxy) is 1. The van der Waals surface area contributed by atoms with Crippen molar-refractivity contribution in [3.63, 3.8) is 0 Å². The van der Waals surface area contributed by atoms with E-state index in [9.17, 15) is 4.79 Å². The summed E-state index contributed by atoms with van der Waals surface area (Å²) in [5.41, 5.74) is 3.89. The Kier molecular flexibility index (Phi) is 5.43. The van der Waals surface area contributed by atoms with E-state index in [1.807, 2.05) is 0 Å². The Bertz CT molecular complexity index is 990. The highest BCUT2D eigenvalue weighted by Gasteiger charge is 2.25. The van der Waals surface area contributed by atoms with Gasteiger partial charge in [0.2, 0.25) is 0 Å². The highest BCUT2D eigenvalue weighted by molar-refractivity contribution is 7.22. The second-order valence-electron chi connectivity index (χ2n) is 7.18. The van der Waals surface area contributed by atoms with Crippen LogP contribution in [-0.2, 0) is 11.8 Å². The van der Waals surface area contributed by atoms with Crippen molar-refractivity contribution < 1.29 is 9.53 Å². The molecule has 0 unspecified atom stereocenters. The minimum absolute atomic E-state index is 0.0679. The molecule has 0 spiro atoms. The van der Waals surface area contributed by atoms with Gasteiger partial charge in [-0.25, -0.2) is 4.98 Å². The van der Waals surface area contributed by atoms with Gasteiger partial charge in [0.25, 0.3) is 5.91 Å². The molecule has 148 valence electrons. The van der Waals surface area contributed by atoms with Gasteiger partial charge in [0.1, 0.15) is 5.69 Å². The van der Waals surface area contributed by atoms with Crippen molar-refractivity contribution in [3.05, 3.63) is 41.2 Å². The number of thiazole rings is 1. The maximum absolute atomic E-state index is 13.3. The zero-order valence-electron chi connectivity index (χ0n) is 16.5. The summed E-state index contributed by atoms with van der Waals surface area (Å²) in [4.78, 5) is 22.3. The number of rotatable bonds is 5. The van der Waals surface area contributed by atoms with Crippen LogP contribution >= 0.6 is 11.3 Å². The number of fused-ring (bicyclic) bond motifs is 1. The average molecular weight is 400 g/mol. The number of carbonyl (C=O) groups excluding carboxylic acids is 1. The van der Waals surface area contributed by atoms with Crippen molar-refractivity contribution >= 4 is 32.6 Å². The predicted octanol–water partition coefficient (Wildman–Crippen LogP) is 2.63. The zero-order valence-corrected chi connectivity index (χ0v) is 17.3. The van der Waals surface area contributed by atoms with Crippen molar-refractivity contribution in [2.75, 3.05) is 44.3 Å². The predicted molar refractivity (Wildman–Crippen MR) is 111 cm³/mol. The number of carbonyl (C=O) groups is 1. The maximum Gasteiger partial charge on any atom is 0.278 e. The van der Waals surface area contributed by atoms with Crippen molar-refractivity contribution in [1.29, 1.82) is 0 Å². The fourth-order valence-corrected chi connectivity index (χ4v) is 4.59. The molecular formula is C20H25N5O2S. The molecule has 7 nitrogen and oxygen atoms in total. The van der Waals surface area contributed by atoms with Crippen LogP contribution in [0.1, 0.15) is 21.6 Å². The van der Waals surface area contributed by atoms with Crippen LogP contribution in [-0.4, -0.2) is 65.0 Å². The lowest BCUT2D eigenvalue weighted by Crippen LogP contribution is -2.43. The van der Waals surface area contributed by atoms with E-state index in [4.69, 9.17) is 9.72 Å². The summed E-state index contributed by atoms with van der Waals surface area (Å²) in [6.45, 7) is 8.83. The monoisotopic (exact) mass is 399 g/mol. The Balaban J connectivity index is 1.66. The number of benzene rings is 1. The van der Waals surface area contributed by atoms with Crippen molar-refractivity contribution in [2.24, 2.45) is 7.05 Å². The molecule has 1 amide bonds. The van der Waals surface area contributed by atoms with Gasteiger partial charge in [-0.15, -0.1) is 0 Å². The van der Waals surface area contributed by atoms with Gasteiger partial charge < -0.3 is 4.74 Å². The average Bonchev–Trinajstić information content (AvgIpc) is 3.29. The third kappa shape index (κ3) is 3.80. The second kappa shape index (κ2) is 7.98. The summed E-state index contributed by atoms with van der Waals surface area (Å²) in [6.07, 6.45) is 1.65. The van der Waals surface area contributed by atoms with Crippen LogP contribution in [0, 0.1) is 13.8 Å². The van der Waals surface area contributed by atoms with Crippen molar-refractivity contribution in [1.82, 2.24) is 19.7 Å². The van der Waals surface area contributed by atoms with E-state index in [2.05, 4.69) is 36.0 Å². The standard InChI is InChI=1S/C20H25N5O2S/c1-14-12-15(2)18-16(13-14)22-20(28-18)25(7-6-24-8-10-27-11-9-24)19(26)17-4-5-21-23(17)3/h4-5,12-13H,6-11H2,1-3H3. The molecule has 1 saturated heterocycles. The summed E-state index contributed by atoms with van der Waals surface area (Å²) >= 11 is 1.58. The quantitative estimate of drug-likeness (QED) is 0.660. The number of aryl methyl sites for hydroxylation is 3. The number of hydrogen-bond acceptors (Lipinski definition) is 6. The fraction of sp³-hybridized carbons (Fsp3) is 0.450. The molecule has 0 aliphatic carbocycles. The van der Waals surface area contributed by atoms with E-state index < -0.39 is 0 Å². The van der Waals surface area contributed by atoms with Crippen LogP contribution in [0.25, 0.3) is 10.2 Å². The van der Waals surface area contributed by atoms with Gasteiger partial charge in [-0.3, -0.25) is 19.3 Å². The summed E-state index contributed by atoms with van der Waals surface area (Å²) < 4.78 is 8.19. The Labute approximate surface area is 168 Å². The van der Waals surface area contributed by atoms with Crippen LogP contribution in [0.2, 0.25) is 0 Å². The lowest BCUT2D eigenvalue weighted by molar-refractivity contribution is 0.0391. The molecule has 1 fully saturated rings. The number of nitrogens with zero attached hydrogens (tertiary/aromatic N) is 5. The van der Waals surface area contributed by atoms with E-state index in [0.717, 1.165) is 48.2 Å². The topological polar surface area (TPSA) is 63.5 Å². The van der Waals surface area contributed by atoms with Gasteiger partial charge in [0, 0.05) is 39.4 Å². The van der Waals surface area contributed by atoms with Gasteiger partial charge in [-0.1, -0.05) is 17.4 Å². The molecule has 0 bridgehead atoms. The molecule has 1 aliphatic heterocycles. The molecule has 1 aliphatic rings. The number of aromatic nitrogens is 3. The van der Waals surface area contributed by atoms with E-state index in [-0.39, 0.29) is 5.91 Å². The van der Waals surface area contributed by atoms with E-state index in [1.165, 1.54) is 11.1 Å². The van der Waals surface area contributed by atoms with E-state index in [1.54, 1.807) is 40.2 Å².